The first-order chi connectivity index (χ1) is 11.8. The van der Waals surface area contributed by atoms with Gasteiger partial charge in [0.2, 0.25) is 0 Å². The molecule has 1 aromatic carbocycles. The Morgan fingerprint density at radius 1 is 1.00 bits per heavy atom. The van der Waals surface area contributed by atoms with Crippen LogP contribution in [-0.4, -0.2) is 25.8 Å². The molecule has 128 valence electrons. The molecule has 0 aliphatic heterocycles. The maximum atomic E-state index is 6.03. The van der Waals surface area contributed by atoms with Crippen molar-refractivity contribution in [3.05, 3.63) is 48.3 Å². The van der Waals surface area contributed by atoms with Crippen molar-refractivity contribution in [2.45, 2.75) is 31.6 Å². The molecular formula is C20H25NO3. The number of rotatable bonds is 6. The molecule has 0 N–H and O–H groups in total. The summed E-state index contributed by atoms with van der Waals surface area (Å²) in [6, 6.07) is 10.2. The fourth-order valence-electron chi connectivity index (χ4n) is 3.58. The van der Waals surface area contributed by atoms with Crippen molar-refractivity contribution in [1.82, 2.24) is 4.98 Å². The van der Waals surface area contributed by atoms with Gasteiger partial charge < -0.3 is 14.2 Å². The van der Waals surface area contributed by atoms with Gasteiger partial charge in [0.05, 0.1) is 33.2 Å². The maximum absolute atomic E-state index is 6.03. The number of hydrogen-bond donors (Lipinski definition) is 0. The van der Waals surface area contributed by atoms with Crippen LogP contribution in [-0.2, 0) is 0 Å². The van der Waals surface area contributed by atoms with Crippen LogP contribution in [0.2, 0.25) is 0 Å². The average molecular weight is 327 g/mol. The van der Waals surface area contributed by atoms with Crippen LogP contribution in [0.3, 0.4) is 0 Å². The Bertz CT molecular complexity index is 659. The molecule has 1 aliphatic carbocycles. The van der Waals surface area contributed by atoms with Gasteiger partial charge in [0.1, 0.15) is 17.2 Å². The molecular weight excluding hydrogens is 302 g/mol. The highest BCUT2D eigenvalue weighted by Crippen LogP contribution is 2.41. The Hall–Kier alpha value is -2.23. The largest absolute Gasteiger partial charge is 0.496 e. The standard InChI is InChI=1S/C20H25NO3/c1-22-16-11-17(13-21-12-16)24-14-15-7-3-4-8-18(15)19-9-5-6-10-20(19)23-2/h5-6,9-13,15,18H,3-4,7-8,14H2,1-2H3. The van der Waals surface area contributed by atoms with E-state index in [0.29, 0.717) is 18.4 Å². The first-order valence-corrected chi connectivity index (χ1v) is 8.56. The number of ether oxygens (including phenoxy) is 3. The van der Waals surface area contributed by atoms with E-state index in [-0.39, 0.29) is 0 Å². The van der Waals surface area contributed by atoms with Crippen LogP contribution in [0.4, 0.5) is 0 Å². The zero-order valence-corrected chi connectivity index (χ0v) is 14.4. The van der Waals surface area contributed by atoms with Crippen LogP contribution in [0.5, 0.6) is 17.2 Å². The summed E-state index contributed by atoms with van der Waals surface area (Å²) < 4.78 is 16.8. The lowest BCUT2D eigenvalue weighted by Gasteiger charge is -2.32. The Balaban J connectivity index is 1.72. The summed E-state index contributed by atoms with van der Waals surface area (Å²) in [6.45, 7) is 0.692. The molecule has 4 nitrogen and oxygen atoms in total. The molecule has 4 heteroatoms. The van der Waals surface area contributed by atoms with Gasteiger partial charge in [-0.3, -0.25) is 4.98 Å². The van der Waals surface area contributed by atoms with Crippen LogP contribution >= 0.6 is 0 Å². The lowest BCUT2D eigenvalue weighted by atomic mass is 9.75. The van der Waals surface area contributed by atoms with Gasteiger partial charge in [0, 0.05) is 6.07 Å². The lowest BCUT2D eigenvalue weighted by Crippen LogP contribution is -2.24. The molecule has 3 rings (SSSR count). The van der Waals surface area contributed by atoms with Crippen LogP contribution < -0.4 is 14.2 Å². The predicted octanol–water partition coefficient (Wildman–Crippen LogP) is 4.45. The number of hydrogen-bond acceptors (Lipinski definition) is 4. The molecule has 0 amide bonds. The van der Waals surface area contributed by atoms with Crippen molar-refractivity contribution in [1.29, 1.82) is 0 Å². The Kier molecular flexibility index (Phi) is 5.57. The average Bonchev–Trinajstić information content (AvgIpc) is 2.66. The molecule has 0 bridgehead atoms. The molecule has 2 aromatic rings. The van der Waals surface area contributed by atoms with Crippen LogP contribution in [0.1, 0.15) is 37.2 Å². The van der Waals surface area contributed by atoms with Crippen LogP contribution in [0.25, 0.3) is 0 Å². The monoisotopic (exact) mass is 327 g/mol. The number of benzene rings is 1. The highest BCUT2D eigenvalue weighted by Gasteiger charge is 2.29. The van der Waals surface area contributed by atoms with Gasteiger partial charge >= 0.3 is 0 Å². The minimum Gasteiger partial charge on any atom is -0.496 e. The van der Waals surface area contributed by atoms with Crippen LogP contribution in [0.15, 0.2) is 42.7 Å². The van der Waals surface area contributed by atoms with Crippen molar-refractivity contribution in [3.8, 4) is 17.2 Å². The minimum atomic E-state index is 0.480. The molecule has 1 heterocycles. The Labute approximate surface area is 143 Å². The van der Waals surface area contributed by atoms with E-state index in [9.17, 15) is 0 Å². The van der Waals surface area contributed by atoms with Crippen molar-refractivity contribution in [2.75, 3.05) is 20.8 Å². The fourth-order valence-corrected chi connectivity index (χ4v) is 3.58. The quantitative estimate of drug-likeness (QED) is 0.786. The van der Waals surface area contributed by atoms with E-state index < -0.39 is 0 Å². The van der Waals surface area contributed by atoms with E-state index in [1.54, 1.807) is 26.6 Å². The van der Waals surface area contributed by atoms with Gasteiger partial charge in [-0.2, -0.15) is 0 Å². The number of methoxy groups -OCH3 is 2. The summed E-state index contributed by atoms with van der Waals surface area (Å²) >= 11 is 0. The second-order valence-corrected chi connectivity index (χ2v) is 6.26. The van der Waals surface area contributed by atoms with Gasteiger partial charge in [0.15, 0.2) is 0 Å². The molecule has 1 aliphatic rings. The van der Waals surface area contributed by atoms with E-state index in [2.05, 4.69) is 17.1 Å². The topological polar surface area (TPSA) is 40.6 Å². The normalized spacial score (nSPS) is 20.4. The zero-order valence-electron chi connectivity index (χ0n) is 14.4. The first-order valence-electron chi connectivity index (χ1n) is 8.56. The van der Waals surface area contributed by atoms with Gasteiger partial charge in [-0.25, -0.2) is 0 Å². The summed E-state index contributed by atoms with van der Waals surface area (Å²) in [5.74, 6) is 3.43. The second-order valence-electron chi connectivity index (χ2n) is 6.26. The third-order valence-corrected chi connectivity index (χ3v) is 4.84. The Morgan fingerprint density at radius 3 is 2.62 bits per heavy atom. The van der Waals surface area contributed by atoms with Gasteiger partial charge in [-0.1, -0.05) is 31.0 Å². The van der Waals surface area contributed by atoms with Crippen LogP contribution in [0, 0.1) is 5.92 Å². The summed E-state index contributed by atoms with van der Waals surface area (Å²) in [6.07, 6.45) is 8.31. The number of nitrogens with zero attached hydrogens (tertiary/aromatic N) is 1. The van der Waals surface area contributed by atoms with Crippen molar-refractivity contribution in [2.24, 2.45) is 5.92 Å². The van der Waals surface area contributed by atoms with Crippen molar-refractivity contribution >= 4 is 0 Å². The Morgan fingerprint density at radius 2 is 1.79 bits per heavy atom. The van der Waals surface area contributed by atoms with E-state index in [4.69, 9.17) is 14.2 Å². The maximum Gasteiger partial charge on any atom is 0.141 e. The number of pyridine rings is 1. The van der Waals surface area contributed by atoms with E-state index in [0.717, 1.165) is 17.2 Å². The summed E-state index contributed by atoms with van der Waals surface area (Å²) in [5.41, 5.74) is 1.30. The van der Waals surface area contributed by atoms with E-state index in [1.807, 2.05) is 18.2 Å². The van der Waals surface area contributed by atoms with E-state index in [1.165, 1.54) is 31.2 Å². The molecule has 2 unspecified atom stereocenters. The first kappa shape index (κ1) is 16.6. The second kappa shape index (κ2) is 8.04. The zero-order chi connectivity index (χ0) is 16.8. The fraction of sp³-hybridized carbons (Fsp3) is 0.450. The summed E-state index contributed by atoms with van der Waals surface area (Å²) in [5, 5.41) is 0. The lowest BCUT2D eigenvalue weighted by molar-refractivity contribution is 0.183. The smallest absolute Gasteiger partial charge is 0.141 e. The van der Waals surface area contributed by atoms with Gasteiger partial charge in [-0.05, 0) is 36.3 Å². The highest BCUT2D eigenvalue weighted by molar-refractivity contribution is 5.37. The van der Waals surface area contributed by atoms with Crippen molar-refractivity contribution < 1.29 is 14.2 Å². The van der Waals surface area contributed by atoms with E-state index >= 15 is 0 Å². The molecule has 2 atom stereocenters. The third-order valence-electron chi connectivity index (χ3n) is 4.84. The molecule has 24 heavy (non-hydrogen) atoms. The highest BCUT2D eigenvalue weighted by atomic mass is 16.5. The summed E-state index contributed by atoms with van der Waals surface area (Å²) in [7, 11) is 3.38. The van der Waals surface area contributed by atoms with Crippen molar-refractivity contribution in [3.63, 3.8) is 0 Å². The minimum absolute atomic E-state index is 0.480. The molecule has 0 radical (unpaired) electrons. The van der Waals surface area contributed by atoms with Gasteiger partial charge in [0.25, 0.3) is 0 Å². The molecule has 1 saturated carbocycles. The third kappa shape index (κ3) is 3.81. The molecule has 0 spiro atoms. The summed E-state index contributed by atoms with van der Waals surface area (Å²) in [4.78, 5) is 4.15. The molecule has 1 fully saturated rings. The predicted molar refractivity (Wildman–Crippen MR) is 94.0 cm³/mol. The van der Waals surface area contributed by atoms with Gasteiger partial charge in [-0.15, -0.1) is 0 Å². The molecule has 1 aromatic heterocycles. The number of para-hydroxylation sites is 1. The molecule has 0 saturated heterocycles. The number of aromatic nitrogens is 1. The SMILES string of the molecule is COc1cncc(OCC2CCCCC2c2ccccc2OC)c1.